The van der Waals surface area contributed by atoms with Gasteiger partial charge in [-0.15, -0.1) is 0 Å². The molecular weight excluding hydrogens is 313 g/mol. The molecule has 0 atom stereocenters. The van der Waals surface area contributed by atoms with Crippen LogP contribution in [0.3, 0.4) is 0 Å². The molecule has 0 bridgehead atoms. The van der Waals surface area contributed by atoms with E-state index in [1.807, 2.05) is 30.3 Å². The topological polar surface area (TPSA) is 9.23 Å². The first kappa shape index (κ1) is 8.06. The quantitative estimate of drug-likeness (QED) is 0.774. The van der Waals surface area contributed by atoms with Crippen LogP contribution in [0.25, 0.3) is 0 Å². The first-order valence-electron chi connectivity index (χ1n) is 3.40. The molecule has 0 aliphatic carbocycles. The van der Waals surface area contributed by atoms with Crippen LogP contribution < -0.4 is 4.74 Å². The molecule has 0 unspecified atom stereocenters. The van der Waals surface area contributed by atoms with Crippen molar-refractivity contribution in [2.75, 3.05) is 6.61 Å². The van der Waals surface area contributed by atoms with Gasteiger partial charge in [-0.3, -0.25) is 0 Å². The Kier molecular flexibility index (Phi) is 3.80. The zero-order valence-corrected chi connectivity index (χ0v) is 11.4. The SMILES string of the molecule is [Hg][CH2]COc1ccccc1. The van der Waals surface area contributed by atoms with Gasteiger partial charge in [0.15, 0.2) is 0 Å². The Hall–Kier alpha value is -0.0449. The van der Waals surface area contributed by atoms with E-state index >= 15 is 0 Å². The van der Waals surface area contributed by atoms with Gasteiger partial charge in [-0.2, -0.15) is 0 Å². The van der Waals surface area contributed by atoms with Gasteiger partial charge in [0.05, 0.1) is 0 Å². The molecule has 1 rings (SSSR count). The summed E-state index contributed by atoms with van der Waals surface area (Å²) < 4.78 is 6.66. The predicted molar refractivity (Wildman–Crippen MR) is 36.7 cm³/mol. The number of hydrogen-bond acceptors (Lipinski definition) is 1. The minimum atomic E-state index is 0.875. The van der Waals surface area contributed by atoms with Crippen molar-refractivity contribution in [2.45, 2.75) is 3.93 Å². The molecule has 0 aliphatic rings. The molecule has 0 aromatic heterocycles. The molecule has 0 saturated heterocycles. The molecule has 2 heteroatoms. The molecule has 1 aromatic rings. The fraction of sp³-hybridized carbons (Fsp3) is 0.250. The van der Waals surface area contributed by atoms with E-state index in [9.17, 15) is 0 Å². The van der Waals surface area contributed by atoms with Crippen LogP contribution in [0, 0.1) is 0 Å². The number of para-hydroxylation sites is 1. The van der Waals surface area contributed by atoms with Crippen molar-refractivity contribution in [3.05, 3.63) is 30.3 Å². The summed E-state index contributed by atoms with van der Waals surface area (Å²) in [6, 6.07) is 9.96. The van der Waals surface area contributed by atoms with Crippen molar-refractivity contribution in [3.63, 3.8) is 0 Å². The van der Waals surface area contributed by atoms with Crippen molar-refractivity contribution < 1.29 is 30.9 Å². The summed E-state index contributed by atoms with van der Waals surface area (Å²) >= 11 is 0.875. The molecule has 1 nitrogen and oxygen atoms in total. The van der Waals surface area contributed by atoms with Crippen molar-refractivity contribution in [1.82, 2.24) is 0 Å². The summed E-state index contributed by atoms with van der Waals surface area (Å²) in [5.74, 6) is 0.993. The first-order chi connectivity index (χ1) is 4.93. The Bertz CT molecular complexity index is 174. The molecule has 0 saturated carbocycles. The predicted octanol–water partition coefficient (Wildman–Crippen LogP) is 2.03. The third-order valence-corrected chi connectivity index (χ3v) is 2.28. The van der Waals surface area contributed by atoms with E-state index in [4.69, 9.17) is 4.74 Å². The second-order valence-corrected chi connectivity index (χ2v) is 4.76. The fourth-order valence-electron chi connectivity index (χ4n) is 0.707. The molecule has 0 radical (unpaired) electrons. The van der Waals surface area contributed by atoms with Crippen LogP contribution in [0.5, 0.6) is 5.75 Å². The summed E-state index contributed by atoms with van der Waals surface area (Å²) in [6.45, 7) is 0.896. The van der Waals surface area contributed by atoms with Crippen molar-refractivity contribution in [3.8, 4) is 5.75 Å². The van der Waals surface area contributed by atoms with Crippen LogP contribution in [0.15, 0.2) is 30.3 Å². The van der Waals surface area contributed by atoms with Crippen molar-refractivity contribution in [1.29, 1.82) is 0 Å². The summed E-state index contributed by atoms with van der Waals surface area (Å²) in [7, 11) is 0. The van der Waals surface area contributed by atoms with Gasteiger partial charge in [-0.25, -0.2) is 0 Å². The number of hydrogen-bond donors (Lipinski definition) is 0. The van der Waals surface area contributed by atoms with Gasteiger partial charge in [0.1, 0.15) is 0 Å². The Morgan fingerprint density at radius 3 is 2.50 bits per heavy atom. The fourth-order valence-corrected chi connectivity index (χ4v) is 1.27. The average Bonchev–Trinajstić information content (AvgIpc) is 2.03. The van der Waals surface area contributed by atoms with Crippen LogP contribution in [-0.4, -0.2) is 6.61 Å². The number of benzene rings is 1. The monoisotopic (exact) mass is 323 g/mol. The van der Waals surface area contributed by atoms with Crippen LogP contribution >= 0.6 is 0 Å². The third-order valence-electron chi connectivity index (χ3n) is 1.16. The molecule has 0 aliphatic heterocycles. The van der Waals surface area contributed by atoms with Gasteiger partial charge in [-0.05, 0) is 0 Å². The van der Waals surface area contributed by atoms with Crippen molar-refractivity contribution in [2.24, 2.45) is 0 Å². The molecule has 49 valence electrons. The average molecular weight is 322 g/mol. The maximum absolute atomic E-state index is 5.40. The van der Waals surface area contributed by atoms with Crippen molar-refractivity contribution >= 4 is 0 Å². The van der Waals surface area contributed by atoms with E-state index in [0.29, 0.717) is 0 Å². The van der Waals surface area contributed by atoms with E-state index in [1.54, 1.807) is 0 Å². The molecule has 1 aromatic carbocycles. The third kappa shape index (κ3) is 2.69. The molecule has 0 N–H and O–H groups in total. The molecule has 10 heavy (non-hydrogen) atoms. The van der Waals surface area contributed by atoms with E-state index in [0.717, 1.165) is 38.5 Å². The van der Waals surface area contributed by atoms with E-state index in [1.165, 1.54) is 3.93 Å². The van der Waals surface area contributed by atoms with Gasteiger partial charge >= 0.3 is 77.5 Å². The molecule has 0 spiro atoms. The van der Waals surface area contributed by atoms with Gasteiger partial charge in [0, 0.05) is 0 Å². The summed E-state index contributed by atoms with van der Waals surface area (Å²) in [6.07, 6.45) is 0. The molecular formula is C8H9HgO. The van der Waals surface area contributed by atoms with Crippen LogP contribution in [0.1, 0.15) is 0 Å². The molecule has 0 heterocycles. The van der Waals surface area contributed by atoms with Crippen LogP contribution in [0.2, 0.25) is 3.93 Å². The van der Waals surface area contributed by atoms with Gasteiger partial charge in [0.2, 0.25) is 0 Å². The van der Waals surface area contributed by atoms with Gasteiger partial charge < -0.3 is 0 Å². The Morgan fingerprint density at radius 1 is 1.20 bits per heavy atom. The first-order valence-corrected chi connectivity index (χ1v) is 7.29. The van der Waals surface area contributed by atoms with Gasteiger partial charge in [0.25, 0.3) is 0 Å². The number of ether oxygens (including phenoxy) is 1. The van der Waals surface area contributed by atoms with Gasteiger partial charge in [-0.1, -0.05) is 0 Å². The second kappa shape index (κ2) is 4.72. The summed E-state index contributed by atoms with van der Waals surface area (Å²) in [4.78, 5) is 0. The Morgan fingerprint density at radius 2 is 1.90 bits per heavy atom. The summed E-state index contributed by atoms with van der Waals surface area (Å²) in [5, 5.41) is 0. The van der Waals surface area contributed by atoms with E-state index in [2.05, 4.69) is 0 Å². The molecule has 0 fully saturated rings. The standard InChI is InChI=1S/C8H9O.Hg/c1-2-9-8-6-4-3-5-7-8;/h3-7H,1-2H2;. The van der Waals surface area contributed by atoms with Crippen LogP contribution in [-0.2, 0) is 26.1 Å². The second-order valence-electron chi connectivity index (χ2n) is 2.02. The molecule has 0 amide bonds. The van der Waals surface area contributed by atoms with E-state index < -0.39 is 0 Å². The van der Waals surface area contributed by atoms with E-state index in [-0.39, 0.29) is 0 Å². The minimum absolute atomic E-state index is 0.875. The normalized spacial score (nSPS) is 9.40. The number of rotatable bonds is 3. The zero-order valence-electron chi connectivity index (χ0n) is 5.92. The maximum atomic E-state index is 5.40. The Balaban J connectivity index is 2.43. The summed E-state index contributed by atoms with van der Waals surface area (Å²) in [5.41, 5.74) is 0. The Labute approximate surface area is 77.4 Å². The zero-order chi connectivity index (χ0) is 7.23. The van der Waals surface area contributed by atoms with Crippen LogP contribution in [0.4, 0.5) is 0 Å².